The summed E-state index contributed by atoms with van der Waals surface area (Å²) in [5.41, 5.74) is 1.96. The Kier molecular flexibility index (Phi) is 3.23. The van der Waals surface area contributed by atoms with Crippen LogP contribution >= 0.6 is 0 Å². The lowest BCUT2D eigenvalue weighted by Gasteiger charge is -2.01. The molecule has 22 heavy (non-hydrogen) atoms. The molecular weight excluding hydrogens is 286 g/mol. The number of carboxylic acids is 1. The first-order chi connectivity index (χ1) is 10.5. The largest absolute Gasteiger partial charge is 0.504 e. The summed E-state index contributed by atoms with van der Waals surface area (Å²) in [6.45, 7) is 0. The zero-order chi connectivity index (χ0) is 15.7. The second-order valence-electron chi connectivity index (χ2n) is 4.60. The molecule has 0 spiro atoms. The standard InChI is InChI=1S/C15H11N3O4/c19-13-6-3-10(7-14(13)20)12-8-18(17-16-12)11-4-1-9(2-5-11)15(21)22/h1-8,19-20H,(H,21,22). The molecule has 0 aliphatic heterocycles. The Bertz CT molecular complexity index is 840. The summed E-state index contributed by atoms with van der Waals surface area (Å²) in [6.07, 6.45) is 1.64. The minimum Gasteiger partial charge on any atom is -0.504 e. The van der Waals surface area contributed by atoms with E-state index >= 15 is 0 Å². The smallest absolute Gasteiger partial charge is 0.335 e. The van der Waals surface area contributed by atoms with Crippen LogP contribution in [0.1, 0.15) is 10.4 Å². The van der Waals surface area contributed by atoms with Gasteiger partial charge in [-0.3, -0.25) is 0 Å². The number of aromatic hydroxyl groups is 2. The predicted molar refractivity (Wildman–Crippen MR) is 77.1 cm³/mol. The lowest BCUT2D eigenvalue weighted by atomic mass is 10.1. The molecule has 1 heterocycles. The fourth-order valence-electron chi connectivity index (χ4n) is 1.96. The van der Waals surface area contributed by atoms with E-state index in [9.17, 15) is 15.0 Å². The fraction of sp³-hybridized carbons (Fsp3) is 0. The average Bonchev–Trinajstić information content (AvgIpc) is 3.00. The highest BCUT2D eigenvalue weighted by Gasteiger charge is 2.09. The molecule has 7 nitrogen and oxygen atoms in total. The molecule has 0 unspecified atom stereocenters. The van der Waals surface area contributed by atoms with E-state index in [2.05, 4.69) is 10.3 Å². The van der Waals surface area contributed by atoms with Crippen LogP contribution < -0.4 is 0 Å². The number of hydrogen-bond donors (Lipinski definition) is 3. The topological polar surface area (TPSA) is 108 Å². The molecule has 1 aromatic heterocycles. The Labute approximate surface area is 124 Å². The van der Waals surface area contributed by atoms with Crippen LogP contribution in [0.5, 0.6) is 11.5 Å². The minimum absolute atomic E-state index is 0.188. The summed E-state index contributed by atoms with van der Waals surface area (Å²) < 4.78 is 1.49. The van der Waals surface area contributed by atoms with Gasteiger partial charge >= 0.3 is 5.97 Å². The average molecular weight is 297 g/mol. The summed E-state index contributed by atoms with van der Waals surface area (Å²) in [5.74, 6) is -1.44. The van der Waals surface area contributed by atoms with Crippen molar-refractivity contribution in [3.8, 4) is 28.4 Å². The Morgan fingerprint density at radius 2 is 1.73 bits per heavy atom. The van der Waals surface area contributed by atoms with Gasteiger partial charge in [0.1, 0.15) is 5.69 Å². The highest BCUT2D eigenvalue weighted by Crippen LogP contribution is 2.29. The number of hydrogen-bond acceptors (Lipinski definition) is 5. The summed E-state index contributed by atoms with van der Waals surface area (Å²) in [6, 6.07) is 10.6. The second-order valence-corrected chi connectivity index (χ2v) is 4.60. The molecule has 0 amide bonds. The molecule has 0 saturated heterocycles. The highest BCUT2D eigenvalue weighted by atomic mass is 16.4. The third-order valence-electron chi connectivity index (χ3n) is 3.14. The number of benzene rings is 2. The molecule has 110 valence electrons. The highest BCUT2D eigenvalue weighted by molar-refractivity contribution is 5.87. The van der Waals surface area contributed by atoms with Crippen molar-refractivity contribution in [3.05, 3.63) is 54.2 Å². The van der Waals surface area contributed by atoms with Crippen molar-refractivity contribution in [2.45, 2.75) is 0 Å². The van der Waals surface area contributed by atoms with Crippen molar-refractivity contribution in [1.29, 1.82) is 0 Å². The number of aromatic nitrogens is 3. The molecule has 2 aromatic carbocycles. The first-order valence-corrected chi connectivity index (χ1v) is 6.33. The second kappa shape index (κ2) is 5.21. The van der Waals surface area contributed by atoms with E-state index in [1.165, 1.54) is 28.9 Å². The van der Waals surface area contributed by atoms with Crippen molar-refractivity contribution >= 4 is 5.97 Å². The summed E-state index contributed by atoms with van der Waals surface area (Å²) >= 11 is 0. The number of carboxylic acid groups (broad SMARTS) is 1. The van der Waals surface area contributed by atoms with E-state index in [1.54, 1.807) is 24.4 Å². The lowest BCUT2D eigenvalue weighted by Crippen LogP contribution is -1.98. The van der Waals surface area contributed by atoms with Crippen LogP contribution in [0.3, 0.4) is 0 Å². The van der Waals surface area contributed by atoms with Crippen LogP contribution in [-0.4, -0.2) is 36.3 Å². The number of phenols is 2. The van der Waals surface area contributed by atoms with Crippen LogP contribution in [0.15, 0.2) is 48.7 Å². The Morgan fingerprint density at radius 3 is 2.36 bits per heavy atom. The van der Waals surface area contributed by atoms with E-state index in [1.807, 2.05) is 0 Å². The molecule has 3 aromatic rings. The Hall–Kier alpha value is -3.35. The van der Waals surface area contributed by atoms with Gasteiger partial charge in [0.2, 0.25) is 0 Å². The van der Waals surface area contributed by atoms with E-state index < -0.39 is 5.97 Å². The van der Waals surface area contributed by atoms with Gasteiger partial charge in [-0.1, -0.05) is 5.21 Å². The number of nitrogens with zero attached hydrogens (tertiary/aromatic N) is 3. The first kappa shape index (κ1) is 13.6. The normalized spacial score (nSPS) is 10.5. The van der Waals surface area contributed by atoms with Gasteiger partial charge in [-0.15, -0.1) is 5.10 Å². The summed E-state index contributed by atoms with van der Waals surface area (Å²) in [7, 11) is 0. The van der Waals surface area contributed by atoms with Crippen molar-refractivity contribution < 1.29 is 20.1 Å². The minimum atomic E-state index is -0.995. The molecule has 3 N–H and O–H groups in total. The van der Waals surface area contributed by atoms with E-state index in [4.69, 9.17) is 5.11 Å². The predicted octanol–water partition coefficient (Wildman–Crippen LogP) is 2.04. The van der Waals surface area contributed by atoms with Gasteiger partial charge in [0.05, 0.1) is 17.4 Å². The van der Waals surface area contributed by atoms with Gasteiger partial charge in [-0.05, 0) is 42.5 Å². The maximum Gasteiger partial charge on any atom is 0.335 e. The molecule has 0 aliphatic carbocycles. The quantitative estimate of drug-likeness (QED) is 0.638. The molecule has 0 saturated carbocycles. The van der Waals surface area contributed by atoms with Crippen molar-refractivity contribution in [2.24, 2.45) is 0 Å². The lowest BCUT2D eigenvalue weighted by molar-refractivity contribution is 0.0697. The van der Waals surface area contributed by atoms with Gasteiger partial charge in [-0.25, -0.2) is 9.48 Å². The zero-order valence-electron chi connectivity index (χ0n) is 11.2. The maximum absolute atomic E-state index is 10.8. The number of carbonyl (C=O) groups is 1. The molecule has 0 aliphatic rings. The first-order valence-electron chi connectivity index (χ1n) is 6.33. The van der Waals surface area contributed by atoms with Crippen molar-refractivity contribution in [1.82, 2.24) is 15.0 Å². The molecule has 7 heteroatoms. The molecular formula is C15H11N3O4. The van der Waals surface area contributed by atoms with Gasteiger partial charge in [-0.2, -0.15) is 0 Å². The Morgan fingerprint density at radius 1 is 1.00 bits per heavy atom. The molecule has 0 radical (unpaired) electrons. The van der Waals surface area contributed by atoms with E-state index in [-0.39, 0.29) is 17.1 Å². The van der Waals surface area contributed by atoms with Crippen molar-refractivity contribution in [2.75, 3.05) is 0 Å². The van der Waals surface area contributed by atoms with Gasteiger partial charge in [0.25, 0.3) is 0 Å². The monoisotopic (exact) mass is 297 g/mol. The van der Waals surface area contributed by atoms with Crippen LogP contribution in [0, 0.1) is 0 Å². The summed E-state index contributed by atoms with van der Waals surface area (Å²) in [4.78, 5) is 10.8. The zero-order valence-corrected chi connectivity index (χ0v) is 11.2. The fourth-order valence-corrected chi connectivity index (χ4v) is 1.96. The van der Waals surface area contributed by atoms with Gasteiger partial charge < -0.3 is 15.3 Å². The third kappa shape index (κ3) is 2.47. The maximum atomic E-state index is 10.8. The van der Waals surface area contributed by atoms with E-state index in [0.717, 1.165) is 0 Å². The molecule has 3 rings (SSSR count). The molecule has 0 fully saturated rings. The Balaban J connectivity index is 1.93. The van der Waals surface area contributed by atoms with Gasteiger partial charge in [0, 0.05) is 5.56 Å². The molecule has 0 bridgehead atoms. The molecule has 0 atom stereocenters. The van der Waals surface area contributed by atoms with Crippen LogP contribution in [0.25, 0.3) is 16.9 Å². The van der Waals surface area contributed by atoms with Gasteiger partial charge in [0.15, 0.2) is 11.5 Å². The summed E-state index contributed by atoms with van der Waals surface area (Å²) in [5, 5.41) is 35.6. The van der Waals surface area contributed by atoms with Crippen LogP contribution in [-0.2, 0) is 0 Å². The number of phenolic OH excluding ortho intramolecular Hbond substituents is 2. The number of aromatic carboxylic acids is 1. The van der Waals surface area contributed by atoms with Crippen molar-refractivity contribution in [3.63, 3.8) is 0 Å². The SMILES string of the molecule is O=C(O)c1ccc(-n2cc(-c3ccc(O)c(O)c3)nn2)cc1. The van der Waals surface area contributed by atoms with Crippen LogP contribution in [0.4, 0.5) is 0 Å². The van der Waals surface area contributed by atoms with Crippen LogP contribution in [0.2, 0.25) is 0 Å². The van der Waals surface area contributed by atoms with E-state index in [0.29, 0.717) is 16.9 Å². The number of rotatable bonds is 3. The third-order valence-corrected chi connectivity index (χ3v) is 3.14.